The summed E-state index contributed by atoms with van der Waals surface area (Å²) in [4.78, 5) is 0. The van der Waals surface area contributed by atoms with Crippen LogP contribution in [0.5, 0.6) is 5.75 Å². The van der Waals surface area contributed by atoms with Crippen LogP contribution in [0.3, 0.4) is 0 Å². The molecule has 2 aliphatic carbocycles. The van der Waals surface area contributed by atoms with Crippen LogP contribution in [0.4, 0.5) is 0 Å². The topological polar surface area (TPSA) is 35.2 Å². The van der Waals surface area contributed by atoms with Gasteiger partial charge in [-0.25, -0.2) is 0 Å². The lowest BCUT2D eigenvalue weighted by Gasteiger charge is -2.16. The predicted molar refractivity (Wildman–Crippen MR) is 83.5 cm³/mol. The van der Waals surface area contributed by atoms with E-state index in [9.17, 15) is 0 Å². The van der Waals surface area contributed by atoms with Crippen LogP contribution in [0.15, 0.2) is 12.1 Å². The van der Waals surface area contributed by atoms with Gasteiger partial charge < -0.3 is 10.5 Å². The Morgan fingerprint density at radius 2 is 1.85 bits per heavy atom. The summed E-state index contributed by atoms with van der Waals surface area (Å²) in [5.74, 6) is 2.84. The lowest BCUT2D eigenvalue weighted by atomic mass is 10.0. The predicted octanol–water partition coefficient (Wildman–Crippen LogP) is 4.83. The van der Waals surface area contributed by atoms with Gasteiger partial charge in [-0.2, -0.15) is 0 Å². The number of fused-ring (bicyclic) bond motifs is 1. The molecule has 0 spiro atoms. The highest BCUT2D eigenvalue weighted by atomic mass is 35.5. The van der Waals surface area contributed by atoms with E-state index in [1.807, 2.05) is 13.0 Å². The SMILES string of the molecule is CCOc1cc(Cl)c(C(N)C2C3CCCCC32)cc1Cl. The monoisotopic (exact) mass is 313 g/mol. The second-order valence-electron chi connectivity index (χ2n) is 5.95. The maximum atomic E-state index is 6.47. The fourth-order valence-corrected chi connectivity index (χ4v) is 4.36. The van der Waals surface area contributed by atoms with Crippen LogP contribution < -0.4 is 10.5 Å². The molecule has 1 aromatic carbocycles. The maximum absolute atomic E-state index is 6.47. The summed E-state index contributed by atoms with van der Waals surface area (Å²) in [5.41, 5.74) is 7.44. The molecule has 0 radical (unpaired) electrons. The number of nitrogens with two attached hydrogens (primary N) is 1. The van der Waals surface area contributed by atoms with Crippen molar-refractivity contribution in [3.05, 3.63) is 27.7 Å². The molecule has 0 aromatic heterocycles. The van der Waals surface area contributed by atoms with Gasteiger partial charge in [0, 0.05) is 17.1 Å². The largest absolute Gasteiger partial charge is 0.492 e. The number of rotatable bonds is 4. The second-order valence-corrected chi connectivity index (χ2v) is 6.77. The standard InChI is InChI=1S/C16H21Cl2NO/c1-2-20-14-8-12(17)11(7-13(14)18)16(19)15-9-5-3-4-6-10(9)15/h7-10,15-16H,2-6,19H2,1H3. The minimum Gasteiger partial charge on any atom is -0.492 e. The molecule has 3 unspecified atom stereocenters. The number of benzene rings is 1. The fraction of sp³-hybridized carbons (Fsp3) is 0.625. The van der Waals surface area contributed by atoms with Crippen LogP contribution in [-0.4, -0.2) is 6.61 Å². The molecule has 2 nitrogen and oxygen atoms in total. The highest BCUT2D eigenvalue weighted by Crippen LogP contribution is 2.60. The Bertz CT molecular complexity index is 493. The van der Waals surface area contributed by atoms with Gasteiger partial charge in [-0.3, -0.25) is 0 Å². The van der Waals surface area contributed by atoms with Crippen molar-refractivity contribution in [1.29, 1.82) is 0 Å². The van der Waals surface area contributed by atoms with E-state index in [0.717, 1.165) is 17.4 Å². The van der Waals surface area contributed by atoms with Crippen LogP contribution in [0.25, 0.3) is 0 Å². The average molecular weight is 314 g/mol. The van der Waals surface area contributed by atoms with Gasteiger partial charge in [-0.05, 0) is 49.1 Å². The minimum absolute atomic E-state index is 0.00350. The maximum Gasteiger partial charge on any atom is 0.139 e. The lowest BCUT2D eigenvalue weighted by molar-refractivity contribution is 0.340. The summed E-state index contributed by atoms with van der Waals surface area (Å²) < 4.78 is 5.47. The fourth-order valence-electron chi connectivity index (χ4n) is 3.85. The average Bonchev–Trinajstić information content (AvgIpc) is 3.16. The highest BCUT2D eigenvalue weighted by molar-refractivity contribution is 6.34. The Kier molecular flexibility index (Phi) is 4.16. The van der Waals surface area contributed by atoms with Crippen LogP contribution in [-0.2, 0) is 0 Å². The third-order valence-corrected chi connectivity index (χ3v) is 5.47. The number of hydrogen-bond acceptors (Lipinski definition) is 2. The van der Waals surface area contributed by atoms with Gasteiger partial charge in [0.15, 0.2) is 0 Å². The van der Waals surface area contributed by atoms with Crippen LogP contribution in [0.1, 0.15) is 44.2 Å². The Balaban J connectivity index is 1.81. The molecule has 0 amide bonds. The normalized spacial score (nSPS) is 29.7. The number of hydrogen-bond donors (Lipinski definition) is 1. The van der Waals surface area contributed by atoms with Gasteiger partial charge in [0.25, 0.3) is 0 Å². The molecule has 0 aliphatic heterocycles. The number of halogens is 2. The van der Waals surface area contributed by atoms with Crippen molar-refractivity contribution >= 4 is 23.2 Å². The first kappa shape index (κ1) is 14.5. The lowest BCUT2D eigenvalue weighted by Crippen LogP contribution is -2.15. The van der Waals surface area contributed by atoms with E-state index < -0.39 is 0 Å². The van der Waals surface area contributed by atoms with Gasteiger partial charge in [0.1, 0.15) is 5.75 Å². The van der Waals surface area contributed by atoms with Gasteiger partial charge in [-0.15, -0.1) is 0 Å². The molecular formula is C16H21Cl2NO. The zero-order valence-electron chi connectivity index (χ0n) is 11.7. The summed E-state index contributed by atoms with van der Waals surface area (Å²) in [5, 5.41) is 1.28. The van der Waals surface area contributed by atoms with E-state index in [1.165, 1.54) is 25.7 Å². The second kappa shape index (κ2) is 5.75. The number of ether oxygens (including phenoxy) is 1. The highest BCUT2D eigenvalue weighted by Gasteiger charge is 2.53. The summed E-state index contributed by atoms with van der Waals surface area (Å²) >= 11 is 12.6. The van der Waals surface area contributed by atoms with Crippen molar-refractivity contribution in [2.45, 2.75) is 38.6 Å². The first-order valence-electron chi connectivity index (χ1n) is 7.50. The van der Waals surface area contributed by atoms with Crippen LogP contribution >= 0.6 is 23.2 Å². The Morgan fingerprint density at radius 1 is 1.20 bits per heavy atom. The summed E-state index contributed by atoms with van der Waals surface area (Å²) in [6.07, 6.45) is 5.35. The van der Waals surface area contributed by atoms with Crippen molar-refractivity contribution in [2.24, 2.45) is 23.5 Å². The van der Waals surface area contributed by atoms with Crippen LogP contribution in [0, 0.1) is 17.8 Å². The van der Waals surface area contributed by atoms with Crippen molar-refractivity contribution in [2.75, 3.05) is 6.61 Å². The van der Waals surface area contributed by atoms with Gasteiger partial charge >= 0.3 is 0 Å². The Hall–Kier alpha value is -0.440. The molecule has 2 N–H and O–H groups in total. The van der Waals surface area contributed by atoms with Crippen molar-refractivity contribution in [3.63, 3.8) is 0 Å². The first-order chi connectivity index (χ1) is 9.63. The minimum atomic E-state index is 0.00350. The molecule has 3 atom stereocenters. The van der Waals surface area contributed by atoms with Crippen LogP contribution in [0.2, 0.25) is 10.0 Å². The zero-order chi connectivity index (χ0) is 14.3. The molecule has 110 valence electrons. The smallest absolute Gasteiger partial charge is 0.139 e. The molecule has 0 bridgehead atoms. The van der Waals surface area contributed by atoms with Crippen molar-refractivity contribution in [1.82, 2.24) is 0 Å². The summed E-state index contributed by atoms with van der Waals surface area (Å²) in [7, 11) is 0. The first-order valence-corrected chi connectivity index (χ1v) is 8.26. The molecule has 0 heterocycles. The molecule has 1 aromatic rings. The van der Waals surface area contributed by atoms with Crippen molar-refractivity contribution < 1.29 is 4.74 Å². The summed E-state index contributed by atoms with van der Waals surface area (Å²) in [6.45, 7) is 2.51. The van der Waals surface area contributed by atoms with E-state index in [2.05, 4.69) is 0 Å². The van der Waals surface area contributed by atoms with E-state index in [1.54, 1.807) is 6.07 Å². The van der Waals surface area contributed by atoms with E-state index in [-0.39, 0.29) is 6.04 Å². The molecule has 2 fully saturated rings. The molecule has 4 heteroatoms. The third kappa shape index (κ3) is 2.54. The van der Waals surface area contributed by atoms with E-state index in [0.29, 0.717) is 28.3 Å². The van der Waals surface area contributed by atoms with Crippen molar-refractivity contribution in [3.8, 4) is 5.75 Å². The Morgan fingerprint density at radius 3 is 2.45 bits per heavy atom. The van der Waals surface area contributed by atoms with E-state index in [4.69, 9.17) is 33.7 Å². The molecule has 2 saturated carbocycles. The third-order valence-electron chi connectivity index (χ3n) is 4.85. The van der Waals surface area contributed by atoms with Gasteiger partial charge in [0.2, 0.25) is 0 Å². The molecule has 20 heavy (non-hydrogen) atoms. The zero-order valence-corrected chi connectivity index (χ0v) is 13.3. The van der Waals surface area contributed by atoms with E-state index >= 15 is 0 Å². The molecule has 2 aliphatic rings. The molecule has 3 rings (SSSR count). The summed E-state index contributed by atoms with van der Waals surface area (Å²) in [6, 6.07) is 3.70. The molecule has 0 saturated heterocycles. The quantitative estimate of drug-likeness (QED) is 0.864. The van der Waals surface area contributed by atoms with Gasteiger partial charge in [-0.1, -0.05) is 36.0 Å². The van der Waals surface area contributed by atoms with Gasteiger partial charge in [0.05, 0.1) is 11.6 Å². The Labute approximate surface area is 130 Å². The molecular weight excluding hydrogens is 293 g/mol.